The Labute approximate surface area is 259 Å². The highest BCUT2D eigenvalue weighted by molar-refractivity contribution is 7.89. The number of nitrogens with zero attached hydrogens (tertiary/aromatic N) is 1. The average molecular weight is 650 g/mol. The van der Waals surface area contributed by atoms with Gasteiger partial charge in [0.1, 0.15) is 5.60 Å². The molecule has 2 aromatic carbocycles. The van der Waals surface area contributed by atoms with E-state index in [1.54, 1.807) is 18.2 Å². The average Bonchev–Trinajstić information content (AvgIpc) is 3.27. The molecule has 242 valence electrons. The molecule has 4 aliphatic carbocycles. The monoisotopic (exact) mass is 649 g/mol. The van der Waals surface area contributed by atoms with Crippen LogP contribution in [0.4, 0.5) is 22.0 Å². The van der Waals surface area contributed by atoms with Crippen LogP contribution in [0.3, 0.4) is 0 Å². The molecule has 6 rings (SSSR count). The number of hydrogen-bond donors (Lipinski definition) is 1. The Bertz CT molecular complexity index is 1690. The maximum absolute atomic E-state index is 15.2. The molecular weight excluding hydrogens is 613 g/mol. The highest BCUT2D eigenvalue weighted by Gasteiger charge is 2.79. The molecule has 2 fully saturated rings. The number of ketones is 1. The molecule has 5 unspecified atom stereocenters. The first-order valence-electron chi connectivity index (χ1n) is 15.2. The maximum atomic E-state index is 15.2. The van der Waals surface area contributed by atoms with Crippen LogP contribution in [-0.2, 0) is 14.8 Å². The van der Waals surface area contributed by atoms with Gasteiger partial charge in [0, 0.05) is 31.8 Å². The van der Waals surface area contributed by atoms with Crippen LogP contribution in [0.5, 0.6) is 0 Å². The van der Waals surface area contributed by atoms with Gasteiger partial charge in [-0.15, -0.1) is 0 Å². The van der Waals surface area contributed by atoms with Gasteiger partial charge in [-0.1, -0.05) is 48.9 Å². The molecule has 0 amide bonds. The smallest absolute Gasteiger partial charge is 0.383 e. The van der Waals surface area contributed by atoms with Crippen molar-refractivity contribution >= 4 is 15.8 Å². The van der Waals surface area contributed by atoms with E-state index >= 15 is 8.78 Å². The predicted molar refractivity (Wildman–Crippen MR) is 159 cm³/mol. The zero-order valence-electron chi connectivity index (χ0n) is 25.3. The van der Waals surface area contributed by atoms with Gasteiger partial charge in [0.2, 0.25) is 10.0 Å². The molecule has 0 saturated heterocycles. The first kappa shape index (κ1) is 32.1. The Balaban J connectivity index is 1.43. The Morgan fingerprint density at radius 3 is 2.07 bits per heavy atom. The summed E-state index contributed by atoms with van der Waals surface area (Å²) < 4.78 is 97.9. The molecule has 0 heterocycles. The van der Waals surface area contributed by atoms with Crippen LogP contribution in [0.1, 0.15) is 63.4 Å². The number of sulfonamides is 1. The Kier molecular flexibility index (Phi) is 7.53. The molecule has 45 heavy (non-hydrogen) atoms. The van der Waals surface area contributed by atoms with Crippen LogP contribution in [0, 0.1) is 17.3 Å². The summed E-state index contributed by atoms with van der Waals surface area (Å²) in [4.78, 5) is 12.4. The number of aliphatic hydroxyl groups is 1. The summed E-state index contributed by atoms with van der Waals surface area (Å²) in [6, 6.07) is 13.7. The van der Waals surface area contributed by atoms with Crippen molar-refractivity contribution in [2.45, 2.75) is 80.4 Å². The summed E-state index contributed by atoms with van der Waals surface area (Å²) in [7, 11) is -0.710. The first-order chi connectivity index (χ1) is 20.9. The van der Waals surface area contributed by atoms with Crippen molar-refractivity contribution in [3.8, 4) is 11.1 Å². The molecule has 0 radical (unpaired) electrons. The fraction of sp³-hybridized carbons (Fsp3) is 0.500. The molecule has 5 nitrogen and oxygen atoms in total. The van der Waals surface area contributed by atoms with Crippen LogP contribution in [-0.4, -0.2) is 55.4 Å². The van der Waals surface area contributed by atoms with Gasteiger partial charge < -0.3 is 5.11 Å². The lowest BCUT2D eigenvalue weighted by Gasteiger charge is -2.56. The number of benzene rings is 2. The predicted octanol–water partition coefficient (Wildman–Crippen LogP) is 7.43. The van der Waals surface area contributed by atoms with Crippen molar-refractivity contribution < 1.29 is 40.3 Å². The third kappa shape index (κ3) is 4.75. The summed E-state index contributed by atoms with van der Waals surface area (Å²) in [5, 5.41) is 11.4. The van der Waals surface area contributed by atoms with E-state index in [0.29, 0.717) is 25.7 Å². The second-order valence-electron chi connectivity index (χ2n) is 13.4. The number of allylic oxidation sites excluding steroid dienone is 4. The lowest BCUT2D eigenvalue weighted by molar-refractivity contribution is -0.362. The van der Waals surface area contributed by atoms with E-state index in [9.17, 15) is 31.5 Å². The minimum atomic E-state index is -5.90. The number of alkyl halides is 5. The molecule has 2 aromatic rings. The van der Waals surface area contributed by atoms with E-state index in [0.717, 1.165) is 37.7 Å². The van der Waals surface area contributed by atoms with Crippen molar-refractivity contribution in [2.75, 3.05) is 14.1 Å². The molecular formula is C34H36F5NO4S. The highest BCUT2D eigenvalue weighted by Crippen LogP contribution is 2.70. The molecule has 4 aliphatic rings. The number of carbonyl (C=O) groups is 1. The first-order valence-corrected chi connectivity index (χ1v) is 16.6. The summed E-state index contributed by atoms with van der Waals surface area (Å²) in [6.07, 6.45) is -3.05. The normalized spacial score (nSPS) is 30.6. The van der Waals surface area contributed by atoms with Gasteiger partial charge in [0.25, 0.3) is 0 Å². The van der Waals surface area contributed by atoms with Gasteiger partial charge in [-0.2, -0.15) is 22.0 Å². The van der Waals surface area contributed by atoms with Crippen molar-refractivity contribution in [3.63, 3.8) is 0 Å². The molecule has 0 spiro atoms. The Morgan fingerprint density at radius 2 is 1.49 bits per heavy atom. The molecule has 0 aliphatic heterocycles. The van der Waals surface area contributed by atoms with E-state index in [1.165, 1.54) is 33.2 Å². The minimum Gasteiger partial charge on any atom is -0.383 e. The van der Waals surface area contributed by atoms with E-state index in [2.05, 4.69) is 0 Å². The van der Waals surface area contributed by atoms with E-state index in [1.807, 2.05) is 24.3 Å². The minimum absolute atomic E-state index is 0.0267. The van der Waals surface area contributed by atoms with E-state index in [-0.39, 0.29) is 29.4 Å². The second kappa shape index (κ2) is 10.6. The number of carbonyl (C=O) groups excluding carboxylic acids is 1. The quantitative estimate of drug-likeness (QED) is 0.342. The van der Waals surface area contributed by atoms with Gasteiger partial charge in [-0.25, -0.2) is 12.7 Å². The summed E-state index contributed by atoms with van der Waals surface area (Å²) in [5.74, 6) is -6.65. The standard InChI is InChI=1S/C34H36F5NO4S/c1-31-19-28(22-6-4-20(5-7-22)21-8-12-25(13-9-21)45(43,44)40(2)3)30-26-15-11-24(41)18-23(26)10-14-27(30)29(31)16-17-32(31,42)33(35,36)34(37,38)39/h4-9,12-13,18,27-29,42H,10-11,14-17,19H2,1-3H3. The Hall–Kier alpha value is -2.89. The molecule has 1 N–H and O–H groups in total. The summed E-state index contributed by atoms with van der Waals surface area (Å²) >= 11 is 0. The molecule has 5 atom stereocenters. The molecule has 0 bridgehead atoms. The van der Waals surface area contributed by atoms with Crippen LogP contribution >= 0.6 is 0 Å². The summed E-state index contributed by atoms with van der Waals surface area (Å²) in [5.41, 5.74) is 0.220. The molecule has 11 heteroatoms. The van der Waals surface area contributed by atoms with Gasteiger partial charge >= 0.3 is 12.1 Å². The SMILES string of the molecule is CN(C)S(=O)(=O)c1ccc(-c2ccc(C3CC4(C)C(CCC4(O)C(F)(F)C(F)(F)F)C4CCC5=CC(=O)CCC5=C34)cc2)cc1. The van der Waals surface area contributed by atoms with E-state index in [4.69, 9.17) is 0 Å². The lowest BCUT2D eigenvalue weighted by Crippen LogP contribution is -2.65. The van der Waals surface area contributed by atoms with Gasteiger partial charge in [0.05, 0.1) is 4.90 Å². The van der Waals surface area contributed by atoms with Crippen LogP contribution in [0.15, 0.2) is 76.2 Å². The van der Waals surface area contributed by atoms with Gasteiger partial charge in [-0.3, -0.25) is 4.79 Å². The van der Waals surface area contributed by atoms with Gasteiger partial charge in [-0.05, 0) is 96.4 Å². The number of halogens is 5. The zero-order chi connectivity index (χ0) is 32.7. The Morgan fingerprint density at radius 1 is 0.889 bits per heavy atom. The second-order valence-corrected chi connectivity index (χ2v) is 15.6. The van der Waals surface area contributed by atoms with Crippen molar-refractivity contribution in [3.05, 3.63) is 76.9 Å². The largest absolute Gasteiger partial charge is 0.456 e. The van der Waals surface area contributed by atoms with Crippen LogP contribution in [0.25, 0.3) is 11.1 Å². The lowest BCUT2D eigenvalue weighted by atomic mass is 9.50. The van der Waals surface area contributed by atoms with Crippen LogP contribution < -0.4 is 0 Å². The zero-order valence-corrected chi connectivity index (χ0v) is 26.1. The van der Waals surface area contributed by atoms with Crippen molar-refractivity contribution in [1.29, 1.82) is 0 Å². The topological polar surface area (TPSA) is 74.7 Å². The van der Waals surface area contributed by atoms with Gasteiger partial charge in [0.15, 0.2) is 5.78 Å². The van der Waals surface area contributed by atoms with Crippen molar-refractivity contribution in [1.82, 2.24) is 4.31 Å². The maximum Gasteiger partial charge on any atom is 0.456 e. The number of hydrogen-bond acceptors (Lipinski definition) is 4. The third-order valence-corrected chi connectivity index (χ3v) is 12.9. The molecule has 2 saturated carbocycles. The fourth-order valence-corrected chi connectivity index (χ4v) is 9.55. The third-order valence-electron chi connectivity index (χ3n) is 11.0. The van der Waals surface area contributed by atoms with E-state index < -0.39 is 51.4 Å². The summed E-state index contributed by atoms with van der Waals surface area (Å²) in [6.45, 7) is 1.41. The van der Waals surface area contributed by atoms with Crippen molar-refractivity contribution in [2.24, 2.45) is 17.3 Å². The number of fused-ring (bicyclic) bond motifs is 4. The molecule has 0 aromatic heterocycles. The fourth-order valence-electron chi connectivity index (χ4n) is 8.65. The highest BCUT2D eigenvalue weighted by atomic mass is 32.2. The number of rotatable bonds is 5. The van der Waals surface area contributed by atoms with Crippen LogP contribution in [0.2, 0.25) is 0 Å².